The topological polar surface area (TPSA) is 49.8 Å². The Balaban J connectivity index is 3.17. The van der Waals surface area contributed by atoms with Crippen LogP contribution >= 0.6 is 11.6 Å². The second-order valence-corrected chi connectivity index (χ2v) is 3.10. The van der Waals surface area contributed by atoms with Gasteiger partial charge in [-0.3, -0.25) is 0 Å². The zero-order valence-corrected chi connectivity index (χ0v) is 7.97. The summed E-state index contributed by atoms with van der Waals surface area (Å²) in [6.07, 6.45) is 3.05. The number of halogens is 1. The molecule has 3 heteroatoms. The summed E-state index contributed by atoms with van der Waals surface area (Å²) in [5, 5.41) is 8.90. The van der Waals surface area contributed by atoms with Crippen LogP contribution in [0.5, 0.6) is 0 Å². The molecular weight excluding hydrogens is 184 g/mol. The number of hydrogen-bond donors (Lipinski definition) is 1. The van der Waals surface area contributed by atoms with E-state index in [0.29, 0.717) is 10.7 Å². The van der Waals surface area contributed by atoms with Gasteiger partial charge in [0.1, 0.15) is 0 Å². The van der Waals surface area contributed by atoms with E-state index >= 15 is 0 Å². The van der Waals surface area contributed by atoms with Crippen molar-refractivity contribution < 1.29 is 0 Å². The minimum absolute atomic E-state index is 0.564. The highest BCUT2D eigenvalue weighted by Crippen LogP contribution is 2.23. The van der Waals surface area contributed by atoms with Crippen LogP contribution in [0.4, 0.5) is 5.69 Å². The Morgan fingerprint density at radius 3 is 2.85 bits per heavy atom. The molecule has 0 aliphatic carbocycles. The molecule has 0 bridgehead atoms. The van der Waals surface area contributed by atoms with Crippen LogP contribution in [0.1, 0.15) is 11.1 Å². The van der Waals surface area contributed by atoms with Gasteiger partial charge in [0.2, 0.25) is 0 Å². The third-order valence-corrected chi connectivity index (χ3v) is 2.05. The van der Waals surface area contributed by atoms with Crippen LogP contribution in [0.2, 0.25) is 5.02 Å². The van der Waals surface area contributed by atoms with E-state index in [0.717, 1.165) is 11.1 Å². The van der Waals surface area contributed by atoms with Gasteiger partial charge in [0, 0.05) is 16.8 Å². The standard InChI is InChI=1S/C10H9ClN2/c1-7-5-8(3-2-4-12)9(11)6-10(7)13/h2-3,5-6H,13H2,1H3. The number of aryl methyl sites for hydroxylation is 1. The summed E-state index contributed by atoms with van der Waals surface area (Å²) in [6.45, 7) is 1.90. The molecule has 13 heavy (non-hydrogen) atoms. The lowest BCUT2D eigenvalue weighted by Crippen LogP contribution is -1.90. The molecule has 0 aliphatic heterocycles. The van der Waals surface area contributed by atoms with E-state index in [2.05, 4.69) is 0 Å². The van der Waals surface area contributed by atoms with Crippen LogP contribution in [0, 0.1) is 18.3 Å². The van der Waals surface area contributed by atoms with Crippen molar-refractivity contribution in [1.29, 1.82) is 5.26 Å². The van der Waals surface area contributed by atoms with Crippen molar-refractivity contribution in [3.8, 4) is 6.07 Å². The van der Waals surface area contributed by atoms with Gasteiger partial charge in [0.25, 0.3) is 0 Å². The molecule has 0 saturated carbocycles. The molecule has 0 aliphatic rings. The maximum Gasteiger partial charge on any atom is 0.0912 e. The van der Waals surface area contributed by atoms with Gasteiger partial charge in [-0.05, 0) is 36.3 Å². The smallest absolute Gasteiger partial charge is 0.0912 e. The van der Waals surface area contributed by atoms with Crippen LogP contribution in [-0.2, 0) is 0 Å². The molecule has 1 aromatic carbocycles. The number of nitriles is 1. The molecule has 1 aromatic rings. The largest absolute Gasteiger partial charge is 0.398 e. The lowest BCUT2D eigenvalue weighted by molar-refractivity contribution is 1.46. The van der Waals surface area contributed by atoms with Gasteiger partial charge in [0.05, 0.1) is 6.07 Å². The van der Waals surface area contributed by atoms with Crippen molar-refractivity contribution in [2.24, 2.45) is 0 Å². The Kier molecular flexibility index (Phi) is 2.94. The van der Waals surface area contributed by atoms with Crippen molar-refractivity contribution in [3.05, 3.63) is 34.4 Å². The normalized spacial score (nSPS) is 10.2. The molecule has 0 radical (unpaired) electrons. The molecule has 0 spiro atoms. The highest BCUT2D eigenvalue weighted by Gasteiger charge is 2.00. The number of anilines is 1. The summed E-state index contributed by atoms with van der Waals surface area (Å²) in [5.74, 6) is 0. The molecule has 0 atom stereocenters. The van der Waals surface area contributed by atoms with Crippen molar-refractivity contribution in [3.63, 3.8) is 0 Å². The Morgan fingerprint density at radius 1 is 1.54 bits per heavy atom. The molecule has 0 aromatic heterocycles. The molecule has 1 rings (SSSR count). The summed E-state index contributed by atoms with van der Waals surface area (Å²) < 4.78 is 0. The second-order valence-electron chi connectivity index (χ2n) is 2.69. The van der Waals surface area contributed by atoms with E-state index in [-0.39, 0.29) is 0 Å². The quantitative estimate of drug-likeness (QED) is 0.550. The Labute approximate surface area is 82.2 Å². The van der Waals surface area contributed by atoms with Crippen LogP contribution < -0.4 is 5.73 Å². The van der Waals surface area contributed by atoms with Gasteiger partial charge in [-0.25, -0.2) is 0 Å². The molecule has 0 amide bonds. The fraction of sp³-hybridized carbons (Fsp3) is 0.100. The van der Waals surface area contributed by atoms with E-state index in [1.807, 2.05) is 19.1 Å². The minimum Gasteiger partial charge on any atom is -0.398 e. The van der Waals surface area contributed by atoms with Gasteiger partial charge >= 0.3 is 0 Å². The SMILES string of the molecule is Cc1cc(C=CC#N)c(Cl)cc1N. The molecule has 0 heterocycles. The van der Waals surface area contributed by atoms with Gasteiger partial charge in [-0.15, -0.1) is 0 Å². The maximum atomic E-state index is 8.34. The second kappa shape index (κ2) is 3.97. The van der Waals surface area contributed by atoms with Crippen LogP contribution in [0.3, 0.4) is 0 Å². The molecule has 2 N–H and O–H groups in total. The van der Waals surface area contributed by atoms with Crippen LogP contribution in [-0.4, -0.2) is 0 Å². The van der Waals surface area contributed by atoms with Crippen molar-refractivity contribution >= 4 is 23.4 Å². The van der Waals surface area contributed by atoms with Crippen molar-refractivity contribution in [1.82, 2.24) is 0 Å². The van der Waals surface area contributed by atoms with Crippen LogP contribution in [0.15, 0.2) is 18.2 Å². The maximum absolute atomic E-state index is 8.34. The highest BCUT2D eigenvalue weighted by molar-refractivity contribution is 6.32. The van der Waals surface area contributed by atoms with Gasteiger partial charge in [-0.1, -0.05) is 11.6 Å². The van der Waals surface area contributed by atoms with E-state index < -0.39 is 0 Å². The molecule has 0 saturated heterocycles. The van der Waals surface area contributed by atoms with Crippen molar-refractivity contribution in [2.75, 3.05) is 5.73 Å². The lowest BCUT2D eigenvalue weighted by Gasteiger charge is -2.03. The predicted molar refractivity (Wildman–Crippen MR) is 55.2 cm³/mol. The summed E-state index contributed by atoms with van der Waals surface area (Å²) in [5.41, 5.74) is 8.09. The predicted octanol–water partition coefficient (Wildman–Crippen LogP) is 2.77. The third kappa shape index (κ3) is 2.24. The number of hydrogen-bond acceptors (Lipinski definition) is 2. The number of nitrogens with zero attached hydrogens (tertiary/aromatic N) is 1. The Hall–Kier alpha value is -1.46. The molecule has 2 nitrogen and oxygen atoms in total. The molecule has 66 valence electrons. The van der Waals surface area contributed by atoms with E-state index in [1.54, 1.807) is 12.1 Å². The minimum atomic E-state index is 0.564. The van der Waals surface area contributed by atoms with Gasteiger partial charge < -0.3 is 5.73 Å². The average Bonchev–Trinajstić information content (AvgIpc) is 2.09. The summed E-state index contributed by atoms with van der Waals surface area (Å²) >= 11 is 5.90. The number of nitrogens with two attached hydrogens (primary N) is 1. The number of allylic oxidation sites excluding steroid dienone is 1. The third-order valence-electron chi connectivity index (χ3n) is 1.72. The van der Waals surface area contributed by atoms with E-state index in [4.69, 9.17) is 22.6 Å². The number of rotatable bonds is 1. The Bertz CT molecular complexity index is 389. The summed E-state index contributed by atoms with van der Waals surface area (Å²) in [4.78, 5) is 0. The first kappa shape index (κ1) is 9.63. The fourth-order valence-corrected chi connectivity index (χ4v) is 1.21. The monoisotopic (exact) mass is 192 g/mol. The fourth-order valence-electron chi connectivity index (χ4n) is 0.974. The zero-order chi connectivity index (χ0) is 9.84. The Morgan fingerprint density at radius 2 is 2.23 bits per heavy atom. The summed E-state index contributed by atoms with van der Waals surface area (Å²) in [7, 11) is 0. The van der Waals surface area contributed by atoms with Crippen LogP contribution in [0.25, 0.3) is 6.08 Å². The molecule has 0 fully saturated rings. The highest BCUT2D eigenvalue weighted by atomic mass is 35.5. The molecular formula is C10H9ClN2. The van der Waals surface area contributed by atoms with Gasteiger partial charge in [-0.2, -0.15) is 5.26 Å². The lowest BCUT2D eigenvalue weighted by atomic mass is 10.1. The molecule has 0 unspecified atom stereocenters. The number of nitrogen functional groups attached to an aromatic ring is 1. The summed E-state index contributed by atoms with van der Waals surface area (Å²) in [6, 6.07) is 5.45. The number of benzene rings is 1. The first-order valence-electron chi connectivity index (χ1n) is 3.77. The van der Waals surface area contributed by atoms with Crippen molar-refractivity contribution in [2.45, 2.75) is 6.92 Å². The van der Waals surface area contributed by atoms with E-state index in [1.165, 1.54) is 6.08 Å². The van der Waals surface area contributed by atoms with Gasteiger partial charge in [0.15, 0.2) is 0 Å². The zero-order valence-electron chi connectivity index (χ0n) is 7.21. The van der Waals surface area contributed by atoms with E-state index in [9.17, 15) is 0 Å². The first-order chi connectivity index (χ1) is 6.15. The first-order valence-corrected chi connectivity index (χ1v) is 4.14. The average molecular weight is 193 g/mol.